The van der Waals surface area contributed by atoms with Gasteiger partial charge in [0.1, 0.15) is 16.6 Å². The van der Waals surface area contributed by atoms with Gasteiger partial charge in [0, 0.05) is 13.1 Å². The molecule has 1 aromatic rings. The molecular formula is C11H16N4S. The van der Waals surface area contributed by atoms with Gasteiger partial charge in [-0.3, -0.25) is 0 Å². The molecule has 2 rings (SSSR count). The van der Waals surface area contributed by atoms with Crippen LogP contribution in [-0.2, 0) is 0 Å². The van der Waals surface area contributed by atoms with Gasteiger partial charge in [-0.2, -0.15) is 9.64 Å². The number of rotatable bonds is 1. The molecule has 86 valence electrons. The van der Waals surface area contributed by atoms with Crippen molar-refractivity contribution < 1.29 is 0 Å². The molecule has 0 aliphatic carbocycles. The van der Waals surface area contributed by atoms with E-state index in [1.54, 1.807) is 0 Å². The van der Waals surface area contributed by atoms with Crippen LogP contribution < -0.4 is 10.6 Å². The summed E-state index contributed by atoms with van der Waals surface area (Å²) in [4.78, 5) is 2.27. The van der Waals surface area contributed by atoms with Gasteiger partial charge >= 0.3 is 0 Å². The van der Waals surface area contributed by atoms with Gasteiger partial charge in [0.25, 0.3) is 0 Å². The molecule has 5 heteroatoms. The first kappa shape index (κ1) is 11.2. The maximum Gasteiger partial charge on any atom is 0.157 e. The summed E-state index contributed by atoms with van der Waals surface area (Å²) in [6.07, 6.45) is 6.30. The lowest BCUT2D eigenvalue weighted by molar-refractivity contribution is 0.558. The van der Waals surface area contributed by atoms with Crippen LogP contribution in [0.3, 0.4) is 0 Å². The summed E-state index contributed by atoms with van der Waals surface area (Å²) in [6.45, 7) is 2.05. The van der Waals surface area contributed by atoms with Gasteiger partial charge in [-0.1, -0.05) is 19.3 Å². The minimum absolute atomic E-state index is 0.379. The van der Waals surface area contributed by atoms with E-state index in [4.69, 9.17) is 11.0 Å². The lowest BCUT2D eigenvalue weighted by Gasteiger charge is -2.25. The van der Waals surface area contributed by atoms with Crippen LogP contribution in [0.4, 0.5) is 10.8 Å². The topological polar surface area (TPSA) is 65.9 Å². The van der Waals surface area contributed by atoms with E-state index in [9.17, 15) is 0 Å². The predicted molar refractivity (Wildman–Crippen MR) is 66.5 cm³/mol. The second kappa shape index (κ2) is 5.17. The Hall–Kier alpha value is -1.28. The molecule has 16 heavy (non-hydrogen) atoms. The van der Waals surface area contributed by atoms with Gasteiger partial charge in [0.05, 0.1) is 0 Å². The van der Waals surface area contributed by atoms with Crippen LogP contribution in [0.25, 0.3) is 0 Å². The molecule has 0 amide bonds. The Bertz CT molecular complexity index is 385. The van der Waals surface area contributed by atoms with Gasteiger partial charge in [0.2, 0.25) is 0 Å². The molecule has 0 unspecified atom stereocenters. The average molecular weight is 236 g/mol. The number of nitrogens with two attached hydrogens (primary N) is 1. The second-order valence-electron chi connectivity index (χ2n) is 4.11. The Morgan fingerprint density at radius 2 is 1.81 bits per heavy atom. The van der Waals surface area contributed by atoms with Crippen molar-refractivity contribution in [1.29, 1.82) is 5.26 Å². The molecule has 2 heterocycles. The van der Waals surface area contributed by atoms with Crippen molar-refractivity contribution in [3.63, 3.8) is 0 Å². The third kappa shape index (κ3) is 2.27. The molecule has 2 N–H and O–H groups in total. The highest BCUT2D eigenvalue weighted by Gasteiger charge is 2.18. The molecular weight excluding hydrogens is 220 g/mol. The molecule has 4 nitrogen and oxygen atoms in total. The quantitative estimate of drug-likeness (QED) is 0.813. The molecule has 0 saturated carbocycles. The normalized spacial score (nSPS) is 17.6. The van der Waals surface area contributed by atoms with E-state index in [-0.39, 0.29) is 0 Å². The molecule has 1 aliphatic rings. The summed E-state index contributed by atoms with van der Waals surface area (Å²) in [5.74, 6) is 0.379. The van der Waals surface area contributed by atoms with Crippen molar-refractivity contribution in [2.75, 3.05) is 23.7 Å². The number of aromatic nitrogens is 1. The zero-order chi connectivity index (χ0) is 11.4. The van der Waals surface area contributed by atoms with E-state index in [0.29, 0.717) is 11.4 Å². The summed E-state index contributed by atoms with van der Waals surface area (Å²) in [5, 5.41) is 10.0. The SMILES string of the molecule is N#Cc1c(N)nsc1N1CCCCCCC1. The Morgan fingerprint density at radius 1 is 1.19 bits per heavy atom. The first-order valence-corrected chi connectivity index (χ1v) is 6.50. The zero-order valence-corrected chi connectivity index (χ0v) is 10.1. The lowest BCUT2D eigenvalue weighted by Crippen LogP contribution is -2.26. The molecule has 1 fully saturated rings. The molecule has 0 spiro atoms. The van der Waals surface area contributed by atoms with Crippen LogP contribution >= 0.6 is 11.5 Å². The van der Waals surface area contributed by atoms with Gasteiger partial charge in [-0.05, 0) is 24.4 Å². The van der Waals surface area contributed by atoms with Gasteiger partial charge in [-0.25, -0.2) is 0 Å². The maximum atomic E-state index is 9.05. The van der Waals surface area contributed by atoms with Crippen molar-refractivity contribution in [1.82, 2.24) is 4.37 Å². The monoisotopic (exact) mass is 236 g/mol. The summed E-state index contributed by atoms with van der Waals surface area (Å²) < 4.78 is 4.07. The lowest BCUT2D eigenvalue weighted by atomic mass is 10.1. The number of hydrogen-bond donors (Lipinski definition) is 1. The molecule has 0 radical (unpaired) electrons. The van der Waals surface area contributed by atoms with Gasteiger partial charge in [-0.15, -0.1) is 0 Å². The van der Waals surface area contributed by atoms with E-state index in [1.807, 2.05) is 0 Å². The molecule has 1 saturated heterocycles. The zero-order valence-electron chi connectivity index (χ0n) is 9.28. The summed E-state index contributed by atoms with van der Waals surface area (Å²) in [5.41, 5.74) is 6.24. The number of nitrogens with zero attached hydrogens (tertiary/aromatic N) is 3. The highest BCUT2D eigenvalue weighted by molar-refractivity contribution is 7.10. The standard InChI is InChI=1S/C11H16N4S/c12-8-9-10(13)14-16-11(9)15-6-4-2-1-3-5-7-15/h1-7H2,(H2,13,14). The van der Waals surface area contributed by atoms with Crippen LogP contribution in [0.1, 0.15) is 37.7 Å². The van der Waals surface area contributed by atoms with Crippen LogP contribution in [-0.4, -0.2) is 17.5 Å². The first-order valence-electron chi connectivity index (χ1n) is 5.73. The van der Waals surface area contributed by atoms with Crippen molar-refractivity contribution in [3.8, 4) is 6.07 Å². The minimum Gasteiger partial charge on any atom is -0.382 e. The van der Waals surface area contributed by atoms with E-state index >= 15 is 0 Å². The highest BCUT2D eigenvalue weighted by Crippen LogP contribution is 2.31. The summed E-state index contributed by atoms with van der Waals surface area (Å²) in [7, 11) is 0. The molecule has 0 bridgehead atoms. The third-order valence-corrected chi connectivity index (χ3v) is 3.88. The second-order valence-corrected chi connectivity index (χ2v) is 4.87. The third-order valence-electron chi connectivity index (χ3n) is 2.96. The predicted octanol–water partition coefficient (Wildman–Crippen LogP) is 2.37. The van der Waals surface area contributed by atoms with E-state index in [2.05, 4.69) is 15.3 Å². The number of nitriles is 1. The number of nitrogen functional groups attached to an aromatic ring is 1. The van der Waals surface area contributed by atoms with Gasteiger partial charge < -0.3 is 10.6 Å². The molecule has 0 atom stereocenters. The fourth-order valence-electron chi connectivity index (χ4n) is 2.06. The molecule has 1 aliphatic heterocycles. The summed E-state index contributed by atoms with van der Waals surface area (Å²) in [6, 6.07) is 2.16. The smallest absolute Gasteiger partial charge is 0.157 e. The maximum absolute atomic E-state index is 9.05. The fourth-order valence-corrected chi connectivity index (χ4v) is 2.88. The Balaban J connectivity index is 2.18. The van der Waals surface area contributed by atoms with Crippen LogP contribution in [0.5, 0.6) is 0 Å². The minimum atomic E-state index is 0.379. The number of anilines is 2. The van der Waals surface area contributed by atoms with Crippen molar-refractivity contribution in [2.45, 2.75) is 32.1 Å². The first-order chi connectivity index (χ1) is 7.83. The molecule has 1 aromatic heterocycles. The van der Waals surface area contributed by atoms with Gasteiger partial charge in [0.15, 0.2) is 5.82 Å². The molecule has 0 aromatic carbocycles. The highest BCUT2D eigenvalue weighted by atomic mass is 32.1. The van der Waals surface area contributed by atoms with Crippen molar-refractivity contribution in [3.05, 3.63) is 5.56 Å². The summed E-state index contributed by atoms with van der Waals surface area (Å²) >= 11 is 1.35. The van der Waals surface area contributed by atoms with E-state index in [1.165, 1.54) is 43.6 Å². The Morgan fingerprint density at radius 3 is 2.44 bits per heavy atom. The van der Waals surface area contributed by atoms with Crippen LogP contribution in [0.15, 0.2) is 0 Å². The van der Waals surface area contributed by atoms with Crippen molar-refractivity contribution in [2.24, 2.45) is 0 Å². The largest absolute Gasteiger partial charge is 0.382 e. The number of hydrogen-bond acceptors (Lipinski definition) is 5. The average Bonchev–Trinajstić information content (AvgIpc) is 2.59. The van der Waals surface area contributed by atoms with E-state index < -0.39 is 0 Å². The van der Waals surface area contributed by atoms with Crippen molar-refractivity contribution >= 4 is 22.4 Å². The fraction of sp³-hybridized carbons (Fsp3) is 0.636. The van der Waals surface area contributed by atoms with Crippen LogP contribution in [0.2, 0.25) is 0 Å². The Labute approximate surface area is 99.8 Å². The van der Waals surface area contributed by atoms with E-state index in [0.717, 1.165) is 18.1 Å². The Kier molecular flexibility index (Phi) is 3.62. The van der Waals surface area contributed by atoms with Crippen LogP contribution in [0, 0.1) is 11.3 Å².